The third kappa shape index (κ3) is 4.71. The van der Waals surface area contributed by atoms with Crippen LogP contribution in [0.2, 0.25) is 0 Å². The van der Waals surface area contributed by atoms with E-state index in [1.807, 2.05) is 13.8 Å². The molecule has 0 aliphatic carbocycles. The second kappa shape index (κ2) is 6.91. The molecule has 1 unspecified atom stereocenters. The van der Waals surface area contributed by atoms with Gasteiger partial charge in [0.15, 0.2) is 0 Å². The summed E-state index contributed by atoms with van der Waals surface area (Å²) in [4.78, 5) is 11.2. The lowest BCUT2D eigenvalue weighted by molar-refractivity contribution is -0.139. The fourth-order valence-electron chi connectivity index (χ4n) is 1.92. The van der Waals surface area contributed by atoms with Gasteiger partial charge in [-0.25, -0.2) is 8.42 Å². The molecule has 1 rings (SSSR count). The molecule has 0 fully saturated rings. The Hall–Kier alpha value is -1.60. The van der Waals surface area contributed by atoms with E-state index in [9.17, 15) is 13.2 Å². The summed E-state index contributed by atoms with van der Waals surface area (Å²) in [6, 6.07) is 3.55. The molecule has 0 spiro atoms. The molecule has 1 atom stereocenters. The van der Waals surface area contributed by atoms with Crippen molar-refractivity contribution in [3.05, 3.63) is 23.8 Å². The molecule has 6 nitrogen and oxygen atoms in total. The second-order valence-corrected chi connectivity index (χ2v) is 6.98. The van der Waals surface area contributed by atoms with Crippen molar-refractivity contribution in [2.45, 2.75) is 38.1 Å². The first-order valence-corrected chi connectivity index (χ1v) is 8.05. The van der Waals surface area contributed by atoms with Gasteiger partial charge < -0.3 is 9.84 Å². The Morgan fingerprint density at radius 3 is 2.48 bits per heavy atom. The molecule has 7 heteroatoms. The normalized spacial score (nSPS) is 13.2. The summed E-state index contributed by atoms with van der Waals surface area (Å²) in [5, 5.41) is 9.16. The number of hydrogen-bond acceptors (Lipinski definition) is 4. The fraction of sp³-hybridized carbons (Fsp3) is 0.500. The lowest BCUT2D eigenvalue weighted by Crippen LogP contribution is -2.41. The highest BCUT2D eigenvalue weighted by Gasteiger charge is 2.28. The van der Waals surface area contributed by atoms with Crippen LogP contribution in [0.5, 0.6) is 5.75 Å². The molecule has 118 valence electrons. The predicted octanol–water partition coefficient (Wildman–Crippen LogP) is 1.78. The van der Waals surface area contributed by atoms with Crippen molar-refractivity contribution in [1.82, 2.24) is 4.72 Å². The lowest BCUT2D eigenvalue weighted by atomic mass is 10.1. The van der Waals surface area contributed by atoms with Gasteiger partial charge in [0.05, 0.1) is 7.11 Å². The zero-order valence-electron chi connectivity index (χ0n) is 12.6. The largest absolute Gasteiger partial charge is 0.495 e. The molecule has 2 N–H and O–H groups in total. The maximum Gasteiger partial charge on any atom is 0.321 e. The summed E-state index contributed by atoms with van der Waals surface area (Å²) in [6.45, 7) is 5.41. The summed E-state index contributed by atoms with van der Waals surface area (Å²) in [5.41, 5.74) is 0.743. The van der Waals surface area contributed by atoms with Crippen LogP contribution in [0.1, 0.15) is 25.8 Å². The van der Waals surface area contributed by atoms with Crippen LogP contribution in [0, 0.1) is 12.8 Å². The minimum atomic E-state index is -3.97. The highest BCUT2D eigenvalue weighted by Crippen LogP contribution is 2.25. The van der Waals surface area contributed by atoms with Crippen molar-refractivity contribution >= 4 is 16.0 Å². The Morgan fingerprint density at radius 2 is 2.00 bits per heavy atom. The Bertz CT molecular complexity index is 610. The molecule has 0 aliphatic heterocycles. The molecule has 21 heavy (non-hydrogen) atoms. The van der Waals surface area contributed by atoms with Gasteiger partial charge in [-0.1, -0.05) is 19.9 Å². The van der Waals surface area contributed by atoms with Crippen molar-refractivity contribution in [2.24, 2.45) is 5.92 Å². The van der Waals surface area contributed by atoms with Gasteiger partial charge in [-0.3, -0.25) is 4.79 Å². The van der Waals surface area contributed by atoms with Crippen LogP contribution in [-0.2, 0) is 14.8 Å². The number of nitrogens with one attached hydrogen (secondary N) is 1. The predicted molar refractivity (Wildman–Crippen MR) is 78.9 cm³/mol. The van der Waals surface area contributed by atoms with Crippen LogP contribution in [0.3, 0.4) is 0 Å². The number of aliphatic carboxylic acids is 1. The van der Waals surface area contributed by atoms with E-state index in [1.54, 1.807) is 19.1 Å². The van der Waals surface area contributed by atoms with Gasteiger partial charge in [0.1, 0.15) is 16.7 Å². The smallest absolute Gasteiger partial charge is 0.321 e. The third-order valence-corrected chi connectivity index (χ3v) is 4.40. The minimum absolute atomic E-state index is 0.0493. The van der Waals surface area contributed by atoms with Crippen LogP contribution in [-0.4, -0.2) is 32.6 Å². The molecule has 0 saturated carbocycles. The van der Waals surface area contributed by atoms with Crippen LogP contribution >= 0.6 is 0 Å². The van der Waals surface area contributed by atoms with E-state index in [-0.39, 0.29) is 23.0 Å². The molecule has 1 aromatic carbocycles. The van der Waals surface area contributed by atoms with E-state index >= 15 is 0 Å². The number of aryl methyl sites for hydroxylation is 1. The number of ether oxygens (including phenoxy) is 1. The number of hydrogen-bond donors (Lipinski definition) is 2. The first-order chi connectivity index (χ1) is 9.67. The number of carbonyl (C=O) groups is 1. The van der Waals surface area contributed by atoms with Crippen LogP contribution in [0.4, 0.5) is 0 Å². The number of benzene rings is 1. The van der Waals surface area contributed by atoms with Gasteiger partial charge in [0.2, 0.25) is 10.0 Å². The molecular weight excluding hydrogens is 294 g/mol. The molecule has 0 radical (unpaired) electrons. The van der Waals surface area contributed by atoms with Crippen molar-refractivity contribution in [3.8, 4) is 5.75 Å². The Labute approximate surface area is 125 Å². The number of rotatable bonds is 7. The molecule has 0 bridgehead atoms. The van der Waals surface area contributed by atoms with Crippen molar-refractivity contribution in [1.29, 1.82) is 0 Å². The summed E-state index contributed by atoms with van der Waals surface area (Å²) in [7, 11) is -2.60. The second-order valence-electron chi connectivity index (χ2n) is 5.30. The SMILES string of the molecule is COc1ccc(C)cc1S(=O)(=O)NC(CC(C)C)C(=O)O. The Morgan fingerprint density at radius 1 is 1.38 bits per heavy atom. The average molecular weight is 315 g/mol. The maximum absolute atomic E-state index is 12.4. The monoisotopic (exact) mass is 315 g/mol. The standard InChI is InChI=1S/C14H21NO5S/c1-9(2)7-11(14(16)17)15-21(18,19)13-8-10(3)5-6-12(13)20-4/h5-6,8-9,11,15H,7H2,1-4H3,(H,16,17). The molecule has 1 aromatic rings. The van der Waals surface area contributed by atoms with Crippen LogP contribution in [0.15, 0.2) is 23.1 Å². The zero-order valence-corrected chi connectivity index (χ0v) is 13.4. The first-order valence-electron chi connectivity index (χ1n) is 6.57. The molecule has 0 heterocycles. The molecule has 0 aromatic heterocycles. The van der Waals surface area contributed by atoms with Gasteiger partial charge in [-0.2, -0.15) is 4.72 Å². The zero-order chi connectivity index (χ0) is 16.2. The van der Waals surface area contributed by atoms with E-state index in [1.165, 1.54) is 13.2 Å². The summed E-state index contributed by atoms with van der Waals surface area (Å²) in [6.07, 6.45) is 0.211. The highest BCUT2D eigenvalue weighted by molar-refractivity contribution is 7.89. The van der Waals surface area contributed by atoms with E-state index in [0.717, 1.165) is 5.56 Å². The minimum Gasteiger partial charge on any atom is -0.495 e. The summed E-state index contributed by atoms with van der Waals surface area (Å²) < 4.78 is 32.1. The average Bonchev–Trinajstić information content (AvgIpc) is 2.37. The fourth-order valence-corrected chi connectivity index (χ4v) is 3.37. The van der Waals surface area contributed by atoms with Crippen LogP contribution in [0.25, 0.3) is 0 Å². The topological polar surface area (TPSA) is 92.7 Å². The first kappa shape index (κ1) is 17.5. The van der Waals surface area contributed by atoms with Crippen LogP contribution < -0.4 is 9.46 Å². The maximum atomic E-state index is 12.4. The van der Waals surface area contributed by atoms with Gasteiger partial charge >= 0.3 is 5.97 Å². The van der Waals surface area contributed by atoms with Gasteiger partial charge in [-0.15, -0.1) is 0 Å². The Kier molecular flexibility index (Phi) is 5.74. The van der Waals surface area contributed by atoms with E-state index in [2.05, 4.69) is 4.72 Å². The van der Waals surface area contributed by atoms with Gasteiger partial charge in [0.25, 0.3) is 0 Å². The van der Waals surface area contributed by atoms with E-state index in [4.69, 9.17) is 9.84 Å². The third-order valence-electron chi connectivity index (χ3n) is 2.91. The summed E-state index contributed by atoms with van der Waals surface area (Å²) in [5.74, 6) is -0.964. The van der Waals surface area contributed by atoms with E-state index < -0.39 is 22.0 Å². The number of methoxy groups -OCH3 is 1. The number of sulfonamides is 1. The highest BCUT2D eigenvalue weighted by atomic mass is 32.2. The van der Waals surface area contributed by atoms with Gasteiger partial charge in [0, 0.05) is 0 Å². The van der Waals surface area contributed by atoms with Crippen molar-refractivity contribution < 1.29 is 23.1 Å². The van der Waals surface area contributed by atoms with Crippen molar-refractivity contribution in [2.75, 3.05) is 7.11 Å². The quantitative estimate of drug-likeness (QED) is 0.800. The number of carboxylic acids is 1. The van der Waals surface area contributed by atoms with E-state index in [0.29, 0.717) is 0 Å². The summed E-state index contributed by atoms with van der Waals surface area (Å²) >= 11 is 0. The molecular formula is C14H21NO5S. The number of carboxylic acid groups (broad SMARTS) is 1. The van der Waals surface area contributed by atoms with Crippen molar-refractivity contribution in [3.63, 3.8) is 0 Å². The van der Waals surface area contributed by atoms with Gasteiger partial charge in [-0.05, 0) is 37.0 Å². The Balaban J connectivity index is 3.16. The molecule has 0 aliphatic rings. The lowest BCUT2D eigenvalue weighted by Gasteiger charge is -2.18. The molecule has 0 saturated heterocycles. The molecule has 0 amide bonds.